The van der Waals surface area contributed by atoms with Gasteiger partial charge in [0.1, 0.15) is 12.4 Å². The number of hydrogen-bond acceptors (Lipinski definition) is 3. The van der Waals surface area contributed by atoms with Crippen molar-refractivity contribution in [2.45, 2.75) is 38.6 Å². The molecule has 0 saturated heterocycles. The zero-order chi connectivity index (χ0) is 17.3. The van der Waals surface area contributed by atoms with E-state index in [0.29, 0.717) is 13.2 Å². The summed E-state index contributed by atoms with van der Waals surface area (Å²) < 4.78 is 11.1. The zero-order valence-electron chi connectivity index (χ0n) is 15.2. The van der Waals surface area contributed by atoms with Crippen LogP contribution in [0.5, 0.6) is 5.75 Å². The van der Waals surface area contributed by atoms with Crippen molar-refractivity contribution in [3.8, 4) is 5.75 Å². The lowest BCUT2D eigenvalue weighted by Gasteiger charge is -2.16. The first-order valence-electron chi connectivity index (χ1n) is 9.39. The van der Waals surface area contributed by atoms with Crippen LogP contribution in [0.1, 0.15) is 37.7 Å². The van der Waals surface area contributed by atoms with Crippen molar-refractivity contribution in [1.82, 2.24) is 5.32 Å². The number of nitrogens with one attached hydrogen (secondary N) is 1. The van der Waals surface area contributed by atoms with Gasteiger partial charge in [-0.1, -0.05) is 42.0 Å². The lowest BCUT2D eigenvalue weighted by Crippen LogP contribution is -2.17. The van der Waals surface area contributed by atoms with E-state index in [-0.39, 0.29) is 0 Å². The molecule has 0 atom stereocenters. The molecule has 134 valence electrons. The van der Waals surface area contributed by atoms with Gasteiger partial charge in [0, 0.05) is 19.2 Å². The van der Waals surface area contributed by atoms with E-state index in [0.717, 1.165) is 25.3 Å². The molecule has 3 nitrogen and oxygen atoms in total. The molecule has 1 aliphatic carbocycles. The molecule has 0 amide bonds. The summed E-state index contributed by atoms with van der Waals surface area (Å²) in [6, 6.07) is 12.7. The van der Waals surface area contributed by atoms with Crippen molar-refractivity contribution in [2.24, 2.45) is 0 Å². The van der Waals surface area contributed by atoms with Gasteiger partial charge in [0.2, 0.25) is 0 Å². The van der Waals surface area contributed by atoms with Crippen LogP contribution in [-0.4, -0.2) is 26.9 Å². The third-order valence-corrected chi connectivity index (χ3v) is 4.85. The van der Waals surface area contributed by atoms with E-state index < -0.39 is 0 Å². The third-order valence-electron chi connectivity index (χ3n) is 4.85. The third kappa shape index (κ3) is 5.07. The molecular formula is C22H29NO2. The highest BCUT2D eigenvalue weighted by atomic mass is 16.5. The van der Waals surface area contributed by atoms with E-state index in [4.69, 9.17) is 9.47 Å². The Balaban J connectivity index is 1.66. The average Bonchev–Trinajstić information content (AvgIpc) is 2.67. The molecule has 0 fully saturated rings. The van der Waals surface area contributed by atoms with Gasteiger partial charge >= 0.3 is 0 Å². The first kappa shape index (κ1) is 18.0. The van der Waals surface area contributed by atoms with Crippen molar-refractivity contribution >= 4 is 10.8 Å². The van der Waals surface area contributed by atoms with Crippen molar-refractivity contribution in [3.63, 3.8) is 0 Å². The minimum atomic E-state index is 0.578. The van der Waals surface area contributed by atoms with Crippen LogP contribution in [0.15, 0.2) is 48.0 Å². The molecule has 0 spiro atoms. The molecule has 1 N–H and O–H groups in total. The molecule has 3 rings (SSSR count). The molecule has 2 aromatic carbocycles. The van der Waals surface area contributed by atoms with Crippen LogP contribution in [0, 0.1) is 0 Å². The largest absolute Gasteiger partial charge is 0.491 e. The Hall–Kier alpha value is -1.84. The van der Waals surface area contributed by atoms with E-state index in [1.165, 1.54) is 42.0 Å². The molecule has 0 bridgehead atoms. The van der Waals surface area contributed by atoms with E-state index in [1.807, 2.05) is 0 Å². The predicted molar refractivity (Wildman–Crippen MR) is 104 cm³/mol. The van der Waals surface area contributed by atoms with Gasteiger partial charge in [0.15, 0.2) is 0 Å². The molecule has 0 aromatic heterocycles. The van der Waals surface area contributed by atoms with Gasteiger partial charge < -0.3 is 14.8 Å². The van der Waals surface area contributed by atoms with Gasteiger partial charge in [-0.2, -0.15) is 0 Å². The first-order chi connectivity index (χ1) is 12.4. The fourth-order valence-electron chi connectivity index (χ4n) is 3.46. The first-order valence-corrected chi connectivity index (χ1v) is 9.39. The van der Waals surface area contributed by atoms with Crippen LogP contribution < -0.4 is 10.1 Å². The van der Waals surface area contributed by atoms with E-state index in [9.17, 15) is 0 Å². The quantitative estimate of drug-likeness (QED) is 0.523. The standard InChI is InChI=1S/C22H29NO2/c1-24-15-16-25-22-12-11-19-9-5-6-10-20(19)21(22)17-23-14-13-18-7-3-2-4-8-18/h5-7,9-12,23H,2-4,8,13-17H2,1H3. The average molecular weight is 339 g/mol. The maximum atomic E-state index is 5.96. The molecule has 0 unspecified atom stereocenters. The van der Waals surface area contributed by atoms with Crippen molar-refractivity contribution in [1.29, 1.82) is 0 Å². The summed E-state index contributed by atoms with van der Waals surface area (Å²) in [4.78, 5) is 0. The van der Waals surface area contributed by atoms with Crippen molar-refractivity contribution in [2.75, 3.05) is 26.9 Å². The molecule has 1 aliphatic rings. The van der Waals surface area contributed by atoms with Crippen LogP contribution in [0.4, 0.5) is 0 Å². The fourth-order valence-corrected chi connectivity index (χ4v) is 3.46. The second-order valence-electron chi connectivity index (χ2n) is 6.64. The highest BCUT2D eigenvalue weighted by molar-refractivity contribution is 5.87. The number of benzene rings is 2. The number of rotatable bonds is 9. The van der Waals surface area contributed by atoms with Crippen LogP contribution in [0.3, 0.4) is 0 Å². The summed E-state index contributed by atoms with van der Waals surface area (Å²) in [5.41, 5.74) is 2.86. The monoisotopic (exact) mass is 339 g/mol. The van der Waals surface area contributed by atoms with Crippen molar-refractivity contribution in [3.05, 3.63) is 53.6 Å². The Bertz CT molecular complexity index is 708. The number of fused-ring (bicyclic) bond motifs is 1. The van der Waals surface area contributed by atoms with E-state index in [2.05, 4.69) is 47.8 Å². The van der Waals surface area contributed by atoms with E-state index >= 15 is 0 Å². The second kappa shape index (κ2) is 9.59. The number of methoxy groups -OCH3 is 1. The Morgan fingerprint density at radius 3 is 2.80 bits per heavy atom. The summed E-state index contributed by atoms with van der Waals surface area (Å²) in [5, 5.41) is 6.14. The highest BCUT2D eigenvalue weighted by Gasteiger charge is 2.09. The van der Waals surface area contributed by atoms with Gasteiger partial charge in [0.25, 0.3) is 0 Å². The summed E-state index contributed by atoms with van der Waals surface area (Å²) in [6.45, 7) is 3.03. The molecular weight excluding hydrogens is 310 g/mol. The summed E-state index contributed by atoms with van der Waals surface area (Å²) in [7, 11) is 1.70. The van der Waals surface area contributed by atoms with Gasteiger partial charge in [-0.25, -0.2) is 0 Å². The molecule has 3 heteroatoms. The number of ether oxygens (including phenoxy) is 2. The molecule has 25 heavy (non-hydrogen) atoms. The maximum absolute atomic E-state index is 5.96. The lowest BCUT2D eigenvalue weighted by molar-refractivity contribution is 0.146. The minimum Gasteiger partial charge on any atom is -0.491 e. The highest BCUT2D eigenvalue weighted by Crippen LogP contribution is 2.28. The van der Waals surface area contributed by atoms with Gasteiger partial charge in [-0.15, -0.1) is 0 Å². The van der Waals surface area contributed by atoms with Gasteiger partial charge in [-0.3, -0.25) is 0 Å². The summed E-state index contributed by atoms with van der Waals surface area (Å²) >= 11 is 0. The second-order valence-corrected chi connectivity index (χ2v) is 6.64. The van der Waals surface area contributed by atoms with Crippen LogP contribution >= 0.6 is 0 Å². The molecule has 0 heterocycles. The SMILES string of the molecule is COCCOc1ccc2ccccc2c1CNCCC1=CCCCC1. The lowest BCUT2D eigenvalue weighted by atomic mass is 9.97. The molecule has 0 radical (unpaired) electrons. The van der Waals surface area contributed by atoms with Crippen LogP contribution in [0.25, 0.3) is 10.8 Å². The normalized spacial score (nSPS) is 14.5. The van der Waals surface area contributed by atoms with Crippen LogP contribution in [0.2, 0.25) is 0 Å². The Morgan fingerprint density at radius 2 is 1.96 bits per heavy atom. The summed E-state index contributed by atoms with van der Waals surface area (Å²) in [5.74, 6) is 0.958. The Labute approximate surface area is 151 Å². The molecule has 0 aliphatic heterocycles. The topological polar surface area (TPSA) is 30.5 Å². The Morgan fingerprint density at radius 1 is 1.04 bits per heavy atom. The number of allylic oxidation sites excluding steroid dienone is 1. The maximum Gasteiger partial charge on any atom is 0.124 e. The predicted octanol–water partition coefficient (Wildman–Crippen LogP) is 4.85. The molecule has 0 saturated carbocycles. The van der Waals surface area contributed by atoms with Crippen LogP contribution in [-0.2, 0) is 11.3 Å². The van der Waals surface area contributed by atoms with E-state index in [1.54, 1.807) is 12.7 Å². The van der Waals surface area contributed by atoms with Crippen molar-refractivity contribution < 1.29 is 9.47 Å². The fraction of sp³-hybridized carbons (Fsp3) is 0.455. The minimum absolute atomic E-state index is 0.578. The van der Waals surface area contributed by atoms with Gasteiger partial charge in [-0.05, 0) is 55.5 Å². The molecule has 2 aromatic rings. The zero-order valence-corrected chi connectivity index (χ0v) is 15.2. The summed E-state index contributed by atoms with van der Waals surface area (Å²) in [6.07, 6.45) is 8.84. The van der Waals surface area contributed by atoms with Gasteiger partial charge in [0.05, 0.1) is 6.61 Å². The Kier molecular flexibility index (Phi) is 6.89. The number of hydrogen-bond donors (Lipinski definition) is 1. The smallest absolute Gasteiger partial charge is 0.124 e.